The Balaban J connectivity index is 1.40. The molecule has 0 spiro atoms. The van der Waals surface area contributed by atoms with Gasteiger partial charge in [-0.15, -0.1) is 0 Å². The zero-order valence-corrected chi connectivity index (χ0v) is 19.4. The fourth-order valence-corrected chi connectivity index (χ4v) is 3.92. The minimum absolute atomic E-state index is 0.0723. The molecule has 9 heteroatoms. The molecule has 178 valence electrons. The van der Waals surface area contributed by atoms with Crippen molar-refractivity contribution in [3.8, 4) is 0 Å². The molecule has 1 saturated carbocycles. The summed E-state index contributed by atoms with van der Waals surface area (Å²) in [6, 6.07) is 12.1. The van der Waals surface area contributed by atoms with Gasteiger partial charge in [0.2, 0.25) is 0 Å². The first kappa shape index (κ1) is 22.5. The Kier molecular flexibility index (Phi) is 5.90. The Morgan fingerprint density at radius 3 is 2.69 bits per heavy atom. The molecular weight excluding hydrogens is 447 g/mol. The van der Waals surface area contributed by atoms with E-state index in [1.54, 1.807) is 41.0 Å². The molecule has 2 amide bonds. The number of aromatic nitrogens is 3. The van der Waals surface area contributed by atoms with Gasteiger partial charge < -0.3 is 16.0 Å². The van der Waals surface area contributed by atoms with Gasteiger partial charge in [-0.2, -0.15) is 5.10 Å². The van der Waals surface area contributed by atoms with Gasteiger partial charge in [-0.05, 0) is 56.0 Å². The molecule has 4 aromatic rings. The Morgan fingerprint density at radius 2 is 1.91 bits per heavy atom. The number of fused-ring (bicyclic) bond motifs is 1. The smallest absolute Gasteiger partial charge is 0.253 e. The van der Waals surface area contributed by atoms with Gasteiger partial charge in [0.05, 0.1) is 5.56 Å². The zero-order valence-electron chi connectivity index (χ0n) is 19.4. The number of rotatable bonds is 7. The highest BCUT2D eigenvalue weighted by molar-refractivity contribution is 5.99. The summed E-state index contributed by atoms with van der Waals surface area (Å²) in [7, 11) is 0. The van der Waals surface area contributed by atoms with Crippen molar-refractivity contribution in [1.29, 1.82) is 0 Å². The predicted molar refractivity (Wildman–Crippen MR) is 130 cm³/mol. The average Bonchev–Trinajstić information content (AvgIpc) is 3.60. The summed E-state index contributed by atoms with van der Waals surface area (Å²) in [6.07, 6.45) is 5.06. The summed E-state index contributed by atoms with van der Waals surface area (Å²) in [5.41, 5.74) is 4.38. The van der Waals surface area contributed by atoms with Crippen molar-refractivity contribution in [1.82, 2.24) is 25.2 Å². The van der Waals surface area contributed by atoms with Gasteiger partial charge in [0, 0.05) is 35.6 Å². The standard InChI is InChI=1S/C26H25FN6O2/c1-15-7-8-17(25(34)31-19-9-10-19)11-22(15)32-24-23-16(2)20(13-33(23)30-14-29-24)26(35)28-12-18-5-3-4-6-21(18)27/h3-8,11,13-14,19H,9-10,12H2,1-2H3,(H,28,35)(H,31,34)(H,29,30,32). The highest BCUT2D eigenvalue weighted by atomic mass is 19.1. The first-order chi connectivity index (χ1) is 16.9. The Hall–Kier alpha value is -4.27. The quantitative estimate of drug-likeness (QED) is 0.377. The summed E-state index contributed by atoms with van der Waals surface area (Å²) in [6.45, 7) is 3.83. The fraction of sp³-hybridized carbons (Fsp3) is 0.231. The lowest BCUT2D eigenvalue weighted by Gasteiger charge is -2.12. The maximum atomic E-state index is 13.9. The molecule has 0 atom stereocenters. The number of aryl methyl sites for hydroxylation is 2. The number of nitrogens with one attached hydrogen (secondary N) is 3. The molecule has 0 saturated heterocycles. The van der Waals surface area contributed by atoms with Crippen molar-refractivity contribution in [2.45, 2.75) is 39.3 Å². The number of carbonyl (C=O) groups is 2. The molecule has 5 rings (SSSR count). The van der Waals surface area contributed by atoms with E-state index >= 15 is 0 Å². The summed E-state index contributed by atoms with van der Waals surface area (Å²) < 4.78 is 15.5. The molecule has 2 aromatic heterocycles. The molecule has 1 aliphatic carbocycles. The molecule has 1 fully saturated rings. The molecule has 0 unspecified atom stereocenters. The van der Waals surface area contributed by atoms with E-state index in [0.717, 1.165) is 24.1 Å². The molecule has 2 heterocycles. The van der Waals surface area contributed by atoms with Crippen molar-refractivity contribution in [3.63, 3.8) is 0 Å². The molecule has 0 aliphatic heterocycles. The van der Waals surface area contributed by atoms with Gasteiger partial charge in [-0.1, -0.05) is 24.3 Å². The lowest BCUT2D eigenvalue weighted by Crippen LogP contribution is -2.25. The molecule has 1 aliphatic rings. The van der Waals surface area contributed by atoms with Crippen molar-refractivity contribution in [3.05, 3.63) is 88.6 Å². The highest BCUT2D eigenvalue weighted by Gasteiger charge is 2.24. The second-order valence-electron chi connectivity index (χ2n) is 8.75. The number of nitrogens with zero attached hydrogens (tertiary/aromatic N) is 3. The summed E-state index contributed by atoms with van der Waals surface area (Å²) in [4.78, 5) is 29.8. The van der Waals surface area contributed by atoms with Crippen molar-refractivity contribution in [2.75, 3.05) is 5.32 Å². The van der Waals surface area contributed by atoms with Crippen molar-refractivity contribution >= 4 is 28.8 Å². The minimum atomic E-state index is -0.368. The van der Waals surface area contributed by atoms with Crippen LogP contribution in [0.1, 0.15) is 50.2 Å². The second kappa shape index (κ2) is 9.17. The lowest BCUT2D eigenvalue weighted by molar-refractivity contribution is 0.0942. The van der Waals surface area contributed by atoms with Gasteiger partial charge in [0.1, 0.15) is 17.7 Å². The van der Waals surface area contributed by atoms with Crippen LogP contribution in [0.3, 0.4) is 0 Å². The van der Waals surface area contributed by atoms with Crippen molar-refractivity contribution < 1.29 is 14.0 Å². The number of hydrogen-bond donors (Lipinski definition) is 3. The third-order valence-electron chi connectivity index (χ3n) is 6.13. The van der Waals surface area contributed by atoms with E-state index in [0.29, 0.717) is 33.6 Å². The number of carbonyl (C=O) groups excluding carboxylic acids is 2. The van der Waals surface area contributed by atoms with E-state index in [-0.39, 0.29) is 30.2 Å². The first-order valence-corrected chi connectivity index (χ1v) is 11.4. The van der Waals surface area contributed by atoms with E-state index in [1.807, 2.05) is 19.9 Å². The van der Waals surface area contributed by atoms with E-state index in [1.165, 1.54) is 12.4 Å². The number of halogens is 1. The molecule has 3 N–H and O–H groups in total. The predicted octanol–water partition coefficient (Wildman–Crippen LogP) is 4.05. The van der Waals surface area contributed by atoms with E-state index in [9.17, 15) is 14.0 Å². The van der Waals surface area contributed by atoms with E-state index < -0.39 is 0 Å². The van der Waals surface area contributed by atoms with Crippen molar-refractivity contribution in [2.24, 2.45) is 0 Å². The maximum Gasteiger partial charge on any atom is 0.253 e. The van der Waals surface area contributed by atoms with Gasteiger partial charge in [0.15, 0.2) is 5.82 Å². The minimum Gasteiger partial charge on any atom is -0.349 e. The third kappa shape index (κ3) is 4.70. The fourth-order valence-electron chi connectivity index (χ4n) is 3.92. The third-order valence-corrected chi connectivity index (χ3v) is 6.13. The van der Waals surface area contributed by atoms with Crippen LogP contribution < -0.4 is 16.0 Å². The van der Waals surface area contributed by atoms with Crippen LogP contribution in [0.25, 0.3) is 5.52 Å². The number of hydrogen-bond acceptors (Lipinski definition) is 5. The molecule has 35 heavy (non-hydrogen) atoms. The lowest BCUT2D eigenvalue weighted by atomic mass is 10.1. The summed E-state index contributed by atoms with van der Waals surface area (Å²) in [5.74, 6) is -0.297. The summed E-state index contributed by atoms with van der Waals surface area (Å²) in [5, 5.41) is 13.3. The molecule has 0 radical (unpaired) electrons. The van der Waals surface area contributed by atoms with Crippen LogP contribution in [0.2, 0.25) is 0 Å². The molecule has 2 aromatic carbocycles. The van der Waals surface area contributed by atoms with E-state index in [2.05, 4.69) is 26.0 Å². The maximum absolute atomic E-state index is 13.9. The Labute approximate surface area is 201 Å². The topological polar surface area (TPSA) is 100 Å². The van der Waals surface area contributed by atoms with Crippen LogP contribution >= 0.6 is 0 Å². The van der Waals surface area contributed by atoms with Gasteiger partial charge in [0.25, 0.3) is 11.8 Å². The van der Waals surface area contributed by atoms with E-state index in [4.69, 9.17) is 0 Å². The highest BCUT2D eigenvalue weighted by Crippen LogP contribution is 2.28. The SMILES string of the molecule is Cc1ccc(C(=O)NC2CC2)cc1Nc1ncnn2cc(C(=O)NCc3ccccc3F)c(C)c12. The second-order valence-corrected chi connectivity index (χ2v) is 8.75. The van der Waals surface area contributed by atoms with Crippen LogP contribution in [-0.2, 0) is 6.54 Å². The van der Waals surface area contributed by atoms with Crippen LogP contribution in [0, 0.1) is 19.7 Å². The van der Waals surface area contributed by atoms with Crippen LogP contribution in [-0.4, -0.2) is 32.5 Å². The number of anilines is 2. The monoisotopic (exact) mass is 472 g/mol. The Morgan fingerprint density at radius 1 is 1.11 bits per heavy atom. The van der Waals surface area contributed by atoms with Crippen LogP contribution in [0.15, 0.2) is 55.0 Å². The average molecular weight is 473 g/mol. The van der Waals surface area contributed by atoms with Gasteiger partial charge in [-0.3, -0.25) is 9.59 Å². The van der Waals surface area contributed by atoms with Crippen LogP contribution in [0.4, 0.5) is 15.9 Å². The first-order valence-electron chi connectivity index (χ1n) is 11.4. The molecular formula is C26H25FN6O2. The molecule has 8 nitrogen and oxygen atoms in total. The van der Waals surface area contributed by atoms with Crippen LogP contribution in [0.5, 0.6) is 0 Å². The zero-order chi connectivity index (χ0) is 24.5. The molecule has 0 bridgehead atoms. The normalized spacial score (nSPS) is 13.0. The summed E-state index contributed by atoms with van der Waals surface area (Å²) >= 11 is 0. The Bertz CT molecular complexity index is 1440. The largest absolute Gasteiger partial charge is 0.349 e. The number of benzene rings is 2. The van der Waals surface area contributed by atoms with Gasteiger partial charge >= 0.3 is 0 Å². The van der Waals surface area contributed by atoms with Gasteiger partial charge in [-0.25, -0.2) is 13.9 Å². The number of amides is 2.